The van der Waals surface area contributed by atoms with Crippen molar-refractivity contribution in [1.82, 2.24) is 4.31 Å². The molecule has 0 saturated carbocycles. The zero-order valence-corrected chi connectivity index (χ0v) is 12.7. The van der Waals surface area contributed by atoms with Gasteiger partial charge in [0.05, 0.1) is 21.4 Å². The third-order valence-electron chi connectivity index (χ3n) is 3.67. The first kappa shape index (κ1) is 15.8. The standard InChI is InChI=1S/C13H13ClN2O4S/c1-8(13(17)18)10-6-16(7-10)21(19,20)11-3-2-9(5-15)12(14)4-11/h2-4,8,10H,6-7H2,1H3,(H,17,18). The Morgan fingerprint density at radius 3 is 2.62 bits per heavy atom. The van der Waals surface area contributed by atoms with Gasteiger partial charge in [0, 0.05) is 13.1 Å². The molecule has 1 heterocycles. The Hall–Kier alpha value is -1.62. The van der Waals surface area contributed by atoms with Crippen LogP contribution < -0.4 is 0 Å². The molecule has 1 aromatic carbocycles. The molecule has 0 bridgehead atoms. The Balaban J connectivity index is 2.16. The van der Waals surface area contributed by atoms with Gasteiger partial charge in [0.2, 0.25) is 10.0 Å². The lowest BCUT2D eigenvalue weighted by Crippen LogP contribution is -2.53. The van der Waals surface area contributed by atoms with E-state index in [-0.39, 0.29) is 34.5 Å². The van der Waals surface area contributed by atoms with Crippen LogP contribution in [0.25, 0.3) is 0 Å². The number of nitriles is 1. The highest BCUT2D eigenvalue weighted by molar-refractivity contribution is 7.89. The molecular formula is C13H13ClN2O4S. The van der Waals surface area contributed by atoms with Crippen LogP contribution in [0, 0.1) is 23.2 Å². The number of carboxylic acid groups (broad SMARTS) is 1. The number of rotatable bonds is 4. The van der Waals surface area contributed by atoms with Gasteiger partial charge >= 0.3 is 5.97 Å². The first-order chi connectivity index (χ1) is 9.77. The quantitative estimate of drug-likeness (QED) is 0.904. The average molecular weight is 329 g/mol. The molecule has 0 aromatic heterocycles. The molecule has 2 rings (SSSR count). The Bertz CT molecular complexity index is 720. The second-order valence-electron chi connectivity index (χ2n) is 4.96. The van der Waals surface area contributed by atoms with Crippen LogP contribution in [-0.4, -0.2) is 36.9 Å². The monoisotopic (exact) mass is 328 g/mol. The zero-order valence-electron chi connectivity index (χ0n) is 11.2. The van der Waals surface area contributed by atoms with Crippen molar-refractivity contribution in [2.24, 2.45) is 11.8 Å². The number of hydrogen-bond acceptors (Lipinski definition) is 4. The molecule has 6 nitrogen and oxygen atoms in total. The molecule has 0 spiro atoms. The second-order valence-corrected chi connectivity index (χ2v) is 7.31. The first-order valence-corrected chi connectivity index (χ1v) is 8.01. The van der Waals surface area contributed by atoms with Crippen LogP contribution in [-0.2, 0) is 14.8 Å². The smallest absolute Gasteiger partial charge is 0.306 e. The second kappa shape index (κ2) is 5.64. The molecule has 1 fully saturated rings. The van der Waals surface area contributed by atoms with E-state index in [4.69, 9.17) is 22.0 Å². The molecule has 1 N–H and O–H groups in total. The molecule has 0 radical (unpaired) electrons. The number of carboxylic acids is 1. The zero-order chi connectivity index (χ0) is 15.8. The first-order valence-electron chi connectivity index (χ1n) is 6.20. The van der Waals surface area contributed by atoms with E-state index < -0.39 is 21.9 Å². The van der Waals surface area contributed by atoms with Crippen LogP contribution in [0.3, 0.4) is 0 Å². The van der Waals surface area contributed by atoms with Crippen molar-refractivity contribution in [3.05, 3.63) is 28.8 Å². The van der Waals surface area contributed by atoms with Crippen molar-refractivity contribution >= 4 is 27.6 Å². The molecule has 1 unspecified atom stereocenters. The summed E-state index contributed by atoms with van der Waals surface area (Å²) in [6, 6.07) is 5.78. The van der Waals surface area contributed by atoms with E-state index in [1.165, 1.54) is 22.5 Å². The summed E-state index contributed by atoms with van der Waals surface area (Å²) < 4.78 is 25.9. The molecule has 112 valence electrons. The third kappa shape index (κ3) is 2.88. The van der Waals surface area contributed by atoms with Gasteiger partial charge in [-0.25, -0.2) is 8.42 Å². The van der Waals surface area contributed by atoms with Gasteiger partial charge in [-0.15, -0.1) is 0 Å². The summed E-state index contributed by atoms with van der Waals surface area (Å²) in [6.07, 6.45) is 0. The van der Waals surface area contributed by atoms with Crippen LogP contribution in [0.2, 0.25) is 5.02 Å². The lowest BCUT2D eigenvalue weighted by molar-refractivity contribution is -0.144. The molecule has 1 aromatic rings. The van der Waals surface area contributed by atoms with Crippen LogP contribution in [0.4, 0.5) is 0 Å². The van der Waals surface area contributed by atoms with E-state index in [1.54, 1.807) is 6.92 Å². The SMILES string of the molecule is CC(C(=O)O)C1CN(S(=O)(=O)c2ccc(C#N)c(Cl)c2)C1. The minimum atomic E-state index is -3.70. The highest BCUT2D eigenvalue weighted by atomic mass is 35.5. The minimum absolute atomic E-state index is 0.00734. The van der Waals surface area contributed by atoms with E-state index in [2.05, 4.69) is 0 Å². The van der Waals surface area contributed by atoms with E-state index in [1.807, 2.05) is 6.07 Å². The summed E-state index contributed by atoms with van der Waals surface area (Å²) in [4.78, 5) is 10.9. The lowest BCUT2D eigenvalue weighted by Gasteiger charge is -2.40. The number of carbonyl (C=O) groups is 1. The molecule has 1 saturated heterocycles. The fourth-order valence-electron chi connectivity index (χ4n) is 2.08. The summed E-state index contributed by atoms with van der Waals surface area (Å²) in [7, 11) is -3.70. The molecule has 8 heteroatoms. The molecule has 0 amide bonds. The molecule has 1 aliphatic heterocycles. The fourth-order valence-corrected chi connectivity index (χ4v) is 3.95. The predicted octanol–water partition coefficient (Wildman–Crippen LogP) is 1.55. The number of halogens is 1. The summed E-state index contributed by atoms with van der Waals surface area (Å²) in [6.45, 7) is 1.91. The van der Waals surface area contributed by atoms with Gasteiger partial charge in [-0.1, -0.05) is 18.5 Å². The van der Waals surface area contributed by atoms with Crippen LogP contribution in [0.5, 0.6) is 0 Å². The summed E-state index contributed by atoms with van der Waals surface area (Å²) in [5, 5.41) is 17.8. The molecular weight excluding hydrogens is 316 g/mol. The van der Waals surface area contributed by atoms with Gasteiger partial charge in [-0.3, -0.25) is 4.79 Å². The topological polar surface area (TPSA) is 98.5 Å². The van der Waals surface area contributed by atoms with E-state index in [0.717, 1.165) is 0 Å². The van der Waals surface area contributed by atoms with Crippen molar-refractivity contribution in [3.63, 3.8) is 0 Å². The third-order valence-corrected chi connectivity index (χ3v) is 5.81. The molecule has 1 atom stereocenters. The van der Waals surface area contributed by atoms with E-state index in [0.29, 0.717) is 0 Å². The summed E-state index contributed by atoms with van der Waals surface area (Å²) >= 11 is 5.84. The number of hydrogen-bond donors (Lipinski definition) is 1. The van der Waals surface area contributed by atoms with Crippen molar-refractivity contribution < 1.29 is 18.3 Å². The van der Waals surface area contributed by atoms with Crippen molar-refractivity contribution in [1.29, 1.82) is 5.26 Å². The number of sulfonamides is 1. The Kier molecular flexibility index (Phi) is 4.23. The fraction of sp³-hybridized carbons (Fsp3) is 0.385. The van der Waals surface area contributed by atoms with Gasteiger partial charge in [-0.2, -0.15) is 9.57 Å². The van der Waals surface area contributed by atoms with Gasteiger partial charge in [-0.05, 0) is 24.1 Å². The van der Waals surface area contributed by atoms with Crippen LogP contribution >= 0.6 is 11.6 Å². The van der Waals surface area contributed by atoms with Crippen molar-refractivity contribution in [2.45, 2.75) is 11.8 Å². The predicted molar refractivity (Wildman–Crippen MR) is 75.2 cm³/mol. The lowest BCUT2D eigenvalue weighted by atomic mass is 9.89. The maximum absolute atomic E-state index is 12.3. The van der Waals surface area contributed by atoms with Gasteiger partial charge in [0.1, 0.15) is 6.07 Å². The Morgan fingerprint density at radius 1 is 1.52 bits per heavy atom. The van der Waals surface area contributed by atoms with Crippen molar-refractivity contribution in [3.8, 4) is 6.07 Å². The number of nitrogens with zero attached hydrogens (tertiary/aromatic N) is 2. The normalized spacial score (nSPS) is 17.8. The maximum atomic E-state index is 12.3. The van der Waals surface area contributed by atoms with Crippen molar-refractivity contribution in [2.75, 3.05) is 13.1 Å². The molecule has 0 aliphatic carbocycles. The van der Waals surface area contributed by atoms with Gasteiger partial charge in [0.15, 0.2) is 0 Å². The largest absolute Gasteiger partial charge is 0.481 e. The Labute approximate surface area is 127 Å². The van der Waals surface area contributed by atoms with Crippen LogP contribution in [0.15, 0.2) is 23.1 Å². The maximum Gasteiger partial charge on any atom is 0.306 e. The van der Waals surface area contributed by atoms with E-state index in [9.17, 15) is 13.2 Å². The van der Waals surface area contributed by atoms with Gasteiger partial charge < -0.3 is 5.11 Å². The number of aliphatic carboxylic acids is 1. The van der Waals surface area contributed by atoms with Crippen LogP contribution in [0.1, 0.15) is 12.5 Å². The molecule has 21 heavy (non-hydrogen) atoms. The summed E-state index contributed by atoms with van der Waals surface area (Å²) in [5.74, 6) is -1.70. The number of benzene rings is 1. The highest BCUT2D eigenvalue weighted by Crippen LogP contribution is 2.31. The van der Waals surface area contributed by atoms with Gasteiger partial charge in [0.25, 0.3) is 0 Å². The highest BCUT2D eigenvalue weighted by Gasteiger charge is 2.41. The van der Waals surface area contributed by atoms with E-state index >= 15 is 0 Å². The Morgan fingerprint density at radius 2 is 2.14 bits per heavy atom. The average Bonchev–Trinajstić information content (AvgIpc) is 2.36. The summed E-state index contributed by atoms with van der Waals surface area (Å²) in [5.41, 5.74) is 0.205. The molecule has 1 aliphatic rings. The minimum Gasteiger partial charge on any atom is -0.481 e.